The Kier molecular flexibility index (Phi) is 5.82. The van der Waals surface area contributed by atoms with Crippen LogP contribution < -0.4 is 10.4 Å². The molecule has 0 aliphatic rings. The first-order valence-electron chi connectivity index (χ1n) is 11.1. The Balaban J connectivity index is 1.94. The van der Waals surface area contributed by atoms with Gasteiger partial charge in [-0.1, -0.05) is 162 Å². The van der Waals surface area contributed by atoms with Crippen molar-refractivity contribution >= 4 is 19.2 Å². The van der Waals surface area contributed by atoms with Gasteiger partial charge in [0.2, 0.25) is 0 Å². The maximum atomic E-state index is 2.31. The van der Waals surface area contributed by atoms with E-state index in [9.17, 15) is 0 Å². The summed E-state index contributed by atoms with van der Waals surface area (Å²) in [5.74, 6) is 0. The van der Waals surface area contributed by atoms with E-state index in [-0.39, 0.29) is 5.04 Å². The van der Waals surface area contributed by atoms with Gasteiger partial charge in [0.05, 0.1) is 0 Å². The number of rotatable bonds is 6. The summed E-state index contributed by atoms with van der Waals surface area (Å²) in [5, 5.41) is 2.51. The molecule has 0 N–H and O–H groups in total. The van der Waals surface area contributed by atoms with Crippen LogP contribution in [0.3, 0.4) is 0 Å². The summed E-state index contributed by atoms with van der Waals surface area (Å²) >= 11 is 0. The fraction of sp³-hybridized carbons (Fsp3) is 0.0323. The van der Waals surface area contributed by atoms with Crippen LogP contribution in [-0.2, 0) is 5.04 Å². The largest absolute Gasteiger partial charge is 0.142 e. The van der Waals surface area contributed by atoms with Gasteiger partial charge < -0.3 is 0 Å². The Bertz CT molecular complexity index is 1100. The van der Waals surface area contributed by atoms with Crippen molar-refractivity contribution in [3.8, 4) is 0 Å². The van der Waals surface area contributed by atoms with Crippen LogP contribution in [0.2, 0.25) is 0 Å². The summed E-state index contributed by atoms with van der Waals surface area (Å²) in [7, 11) is -1.35. The lowest BCUT2D eigenvalue weighted by atomic mass is 9.83. The summed E-state index contributed by atoms with van der Waals surface area (Å²) in [6, 6.07) is 55.4. The first-order chi connectivity index (χ1) is 15.9. The molecule has 0 atom stereocenters. The molecule has 1 radical (unpaired) electrons. The van der Waals surface area contributed by atoms with E-state index in [0.29, 0.717) is 0 Å². The van der Waals surface area contributed by atoms with E-state index >= 15 is 0 Å². The van der Waals surface area contributed by atoms with Gasteiger partial charge in [-0.25, -0.2) is 0 Å². The van der Waals surface area contributed by atoms with Crippen molar-refractivity contribution in [3.05, 3.63) is 168 Å². The van der Waals surface area contributed by atoms with Crippen LogP contribution in [0.1, 0.15) is 16.7 Å². The van der Waals surface area contributed by atoms with Gasteiger partial charge in [0.1, 0.15) is 8.80 Å². The highest BCUT2D eigenvalue weighted by Crippen LogP contribution is 2.41. The van der Waals surface area contributed by atoms with E-state index in [1.807, 2.05) is 0 Å². The summed E-state index contributed by atoms with van der Waals surface area (Å²) in [4.78, 5) is 0. The van der Waals surface area contributed by atoms with E-state index in [1.54, 1.807) is 0 Å². The minimum Gasteiger partial charge on any atom is -0.0628 e. The lowest BCUT2D eigenvalue weighted by Gasteiger charge is -2.42. The summed E-state index contributed by atoms with van der Waals surface area (Å²) in [6.45, 7) is 0. The van der Waals surface area contributed by atoms with Gasteiger partial charge in [-0.05, 0) is 16.7 Å². The van der Waals surface area contributed by atoms with Crippen molar-refractivity contribution in [3.63, 3.8) is 0 Å². The molecule has 5 aromatic carbocycles. The Labute approximate surface area is 192 Å². The van der Waals surface area contributed by atoms with Crippen LogP contribution in [0.25, 0.3) is 0 Å². The van der Waals surface area contributed by atoms with Gasteiger partial charge in [-0.2, -0.15) is 0 Å². The van der Waals surface area contributed by atoms with E-state index in [0.717, 1.165) is 0 Å². The molecule has 0 saturated heterocycles. The second kappa shape index (κ2) is 9.21. The van der Waals surface area contributed by atoms with Crippen molar-refractivity contribution in [2.75, 3.05) is 0 Å². The molecule has 5 rings (SSSR count). The monoisotopic (exact) mass is 425 g/mol. The van der Waals surface area contributed by atoms with Crippen molar-refractivity contribution in [1.82, 2.24) is 0 Å². The first-order valence-corrected chi connectivity index (χ1v) is 12.6. The first kappa shape index (κ1) is 20.2. The Morgan fingerprint density at radius 3 is 0.844 bits per heavy atom. The third-order valence-corrected chi connectivity index (χ3v) is 9.56. The third kappa shape index (κ3) is 3.61. The molecule has 0 fully saturated rings. The van der Waals surface area contributed by atoms with Crippen LogP contribution in [0.15, 0.2) is 152 Å². The second-order valence-corrected chi connectivity index (χ2v) is 10.6. The SMILES string of the molecule is c1ccc([Si](c2ccccc2)C(c2ccccc2)(c2ccccc2)c2ccccc2)cc1. The zero-order chi connectivity index (χ0) is 21.6. The molecule has 0 amide bonds. The zero-order valence-corrected chi connectivity index (χ0v) is 18.9. The number of hydrogen-bond acceptors (Lipinski definition) is 0. The van der Waals surface area contributed by atoms with E-state index in [2.05, 4.69) is 152 Å². The molecule has 153 valence electrons. The molecule has 0 unspecified atom stereocenters. The van der Waals surface area contributed by atoms with Gasteiger partial charge >= 0.3 is 0 Å². The summed E-state index contributed by atoms with van der Waals surface area (Å²) < 4.78 is 0. The molecule has 0 nitrogen and oxygen atoms in total. The average molecular weight is 426 g/mol. The van der Waals surface area contributed by atoms with Gasteiger partial charge in [-0.3, -0.25) is 0 Å². The topological polar surface area (TPSA) is 0 Å². The molecule has 0 heterocycles. The smallest absolute Gasteiger partial charge is 0.0628 e. The molecule has 0 saturated carbocycles. The van der Waals surface area contributed by atoms with Gasteiger partial charge in [0.15, 0.2) is 0 Å². The van der Waals surface area contributed by atoms with Crippen LogP contribution in [0, 0.1) is 0 Å². The van der Waals surface area contributed by atoms with Crippen LogP contribution in [-0.4, -0.2) is 8.80 Å². The fourth-order valence-electron chi connectivity index (χ4n) is 4.81. The summed E-state index contributed by atoms with van der Waals surface area (Å²) in [6.07, 6.45) is 0. The highest BCUT2D eigenvalue weighted by molar-refractivity contribution is 6.88. The molecule has 0 spiro atoms. The van der Waals surface area contributed by atoms with E-state index in [4.69, 9.17) is 0 Å². The molecule has 0 aromatic heterocycles. The van der Waals surface area contributed by atoms with Crippen LogP contribution in [0.4, 0.5) is 0 Å². The molecule has 0 bridgehead atoms. The average Bonchev–Trinajstić information content (AvgIpc) is 2.90. The highest BCUT2D eigenvalue weighted by Gasteiger charge is 2.46. The maximum Gasteiger partial charge on any atom is 0.142 e. The molecular formula is C31H25Si. The number of hydrogen-bond donors (Lipinski definition) is 0. The third-order valence-electron chi connectivity index (χ3n) is 6.12. The standard InChI is InChI=1S/C31H25Si/c1-6-16-26(17-7-1)31(27-18-8-2-9-19-27,28-20-10-3-11-21-28)32(29-22-12-4-13-23-29)30-24-14-5-15-25-30/h1-25H. The van der Waals surface area contributed by atoms with E-state index in [1.165, 1.54) is 27.1 Å². The predicted molar refractivity (Wildman–Crippen MR) is 137 cm³/mol. The Morgan fingerprint density at radius 2 is 0.562 bits per heavy atom. The van der Waals surface area contributed by atoms with Gasteiger partial charge in [0, 0.05) is 5.04 Å². The van der Waals surface area contributed by atoms with Crippen molar-refractivity contribution < 1.29 is 0 Å². The van der Waals surface area contributed by atoms with Crippen molar-refractivity contribution in [2.45, 2.75) is 5.04 Å². The molecule has 5 aromatic rings. The highest BCUT2D eigenvalue weighted by atomic mass is 28.3. The predicted octanol–water partition coefficient (Wildman–Crippen LogP) is 5.87. The van der Waals surface area contributed by atoms with E-state index < -0.39 is 8.80 Å². The molecule has 0 aliphatic heterocycles. The molecule has 1 heteroatoms. The lowest BCUT2D eigenvalue weighted by Crippen LogP contribution is -2.59. The van der Waals surface area contributed by atoms with Crippen molar-refractivity contribution in [2.24, 2.45) is 0 Å². The molecular weight excluding hydrogens is 400 g/mol. The molecule has 0 aliphatic carbocycles. The Hall–Kier alpha value is -3.68. The van der Waals surface area contributed by atoms with Crippen molar-refractivity contribution in [1.29, 1.82) is 0 Å². The number of benzene rings is 5. The lowest BCUT2D eigenvalue weighted by molar-refractivity contribution is 0.858. The minimum absolute atomic E-state index is 0.294. The Morgan fingerprint density at radius 1 is 0.312 bits per heavy atom. The van der Waals surface area contributed by atoms with Crippen LogP contribution >= 0.6 is 0 Å². The zero-order valence-electron chi connectivity index (χ0n) is 17.9. The quantitative estimate of drug-likeness (QED) is 0.236. The second-order valence-electron chi connectivity index (χ2n) is 7.96. The minimum atomic E-state index is -1.35. The normalized spacial score (nSPS) is 11.4. The summed E-state index contributed by atoms with van der Waals surface area (Å²) in [5.41, 5.74) is 4.00. The van der Waals surface area contributed by atoms with Gasteiger partial charge in [-0.15, -0.1) is 0 Å². The van der Waals surface area contributed by atoms with Gasteiger partial charge in [0.25, 0.3) is 0 Å². The maximum absolute atomic E-state index is 2.31. The van der Waals surface area contributed by atoms with Crippen LogP contribution in [0.5, 0.6) is 0 Å². The fourth-order valence-corrected chi connectivity index (χ4v) is 8.42. The molecule has 32 heavy (non-hydrogen) atoms.